The third-order valence-corrected chi connectivity index (χ3v) is 15.4. The summed E-state index contributed by atoms with van der Waals surface area (Å²) in [5.74, 6) is 1.39. The van der Waals surface area contributed by atoms with Gasteiger partial charge in [-0.2, -0.15) is 12.1 Å². The van der Waals surface area contributed by atoms with Gasteiger partial charge in [-0.05, 0) is 115 Å². The summed E-state index contributed by atoms with van der Waals surface area (Å²) in [5.41, 5.74) is 15.7. The Balaban J connectivity index is 0.00000688. The first kappa shape index (κ1) is 46.1. The molecular formula is C68H69N4OPt-3. The fraction of sp³-hybridized carbons (Fsp3) is 0.294. The van der Waals surface area contributed by atoms with Crippen molar-refractivity contribution < 1.29 is 31.3 Å². The van der Waals surface area contributed by atoms with Crippen LogP contribution in [0.2, 0.25) is 0 Å². The van der Waals surface area contributed by atoms with E-state index in [2.05, 4.69) is 197 Å². The SMILES string of the molecule is [2H]c1c([2H])c([2H])c2c(c1[2H])c1ccc(Oc3[c-]c(N4[CH-]N(c5c(-c6ccc7c(c6)C(C)(C)CCC7(C)C)cccc5-c5ccc(C(C)(C)C)cc5C(C)(C)C)c5ccccc54)ccc3)[c-]c1n2-c1cc(C(C)(C)C)ccn1.[Pt]. The van der Waals surface area contributed by atoms with Crippen LogP contribution in [0.4, 0.5) is 22.7 Å². The summed E-state index contributed by atoms with van der Waals surface area (Å²) >= 11 is 0. The summed E-state index contributed by atoms with van der Waals surface area (Å²) in [6.45, 7) is 32.0. The number of benzene rings is 7. The van der Waals surface area contributed by atoms with Crippen molar-refractivity contribution in [3.63, 3.8) is 0 Å². The molecule has 0 radical (unpaired) electrons. The van der Waals surface area contributed by atoms with Crippen LogP contribution in [0.15, 0.2) is 152 Å². The number of ether oxygens (including phenoxy) is 1. The molecule has 6 heteroatoms. The van der Waals surface area contributed by atoms with Gasteiger partial charge < -0.3 is 19.1 Å². The number of pyridine rings is 1. The minimum absolute atomic E-state index is 0. The molecule has 9 aromatic rings. The number of anilines is 4. The molecule has 0 amide bonds. The Labute approximate surface area is 460 Å². The van der Waals surface area contributed by atoms with Crippen LogP contribution < -0.4 is 14.5 Å². The molecule has 0 unspecified atom stereocenters. The number of hydrogen-bond donors (Lipinski definition) is 0. The van der Waals surface area contributed by atoms with Gasteiger partial charge in [0.2, 0.25) is 0 Å². The minimum atomic E-state index is -0.309. The Hall–Kier alpha value is -6.42. The minimum Gasteiger partial charge on any atom is -0.509 e. The number of nitrogens with zero attached hydrogens (tertiary/aromatic N) is 4. The van der Waals surface area contributed by atoms with Gasteiger partial charge in [0.15, 0.2) is 0 Å². The van der Waals surface area contributed by atoms with Crippen LogP contribution in [0.25, 0.3) is 49.9 Å². The topological polar surface area (TPSA) is 33.5 Å². The van der Waals surface area contributed by atoms with E-state index in [-0.39, 0.29) is 72.3 Å². The Kier molecular flexibility index (Phi) is 11.5. The van der Waals surface area contributed by atoms with E-state index in [0.717, 1.165) is 52.3 Å². The Morgan fingerprint density at radius 2 is 1.26 bits per heavy atom. The molecule has 74 heavy (non-hydrogen) atoms. The molecular weight excluding hydrogens is 1080 g/mol. The number of rotatable bonds is 7. The van der Waals surface area contributed by atoms with Crippen LogP contribution in [0.5, 0.6) is 11.5 Å². The zero-order valence-electron chi connectivity index (χ0n) is 49.1. The van der Waals surface area contributed by atoms with Gasteiger partial charge in [0.05, 0.1) is 5.48 Å². The van der Waals surface area contributed by atoms with Gasteiger partial charge in [-0.3, -0.25) is 0 Å². The van der Waals surface area contributed by atoms with E-state index in [1.54, 1.807) is 16.8 Å². The maximum absolute atomic E-state index is 9.12. The average molecular weight is 1160 g/mol. The molecule has 0 atom stereocenters. The monoisotopic (exact) mass is 1160 g/mol. The Bertz CT molecular complexity index is 3850. The first-order valence-electron chi connectivity index (χ1n) is 27.8. The van der Waals surface area contributed by atoms with Crippen LogP contribution in [-0.2, 0) is 48.1 Å². The molecule has 5 nitrogen and oxygen atoms in total. The fourth-order valence-electron chi connectivity index (χ4n) is 11.0. The van der Waals surface area contributed by atoms with Crippen molar-refractivity contribution in [2.45, 2.75) is 130 Å². The maximum atomic E-state index is 9.12. The summed E-state index contributed by atoms with van der Waals surface area (Å²) in [6.07, 6.45) is 4.02. The predicted octanol–water partition coefficient (Wildman–Crippen LogP) is 18.6. The third kappa shape index (κ3) is 9.08. The molecule has 1 aliphatic heterocycles. The second-order valence-corrected chi connectivity index (χ2v) is 24.6. The molecule has 0 spiro atoms. The summed E-state index contributed by atoms with van der Waals surface area (Å²) in [4.78, 5) is 9.32. The van der Waals surface area contributed by atoms with Crippen molar-refractivity contribution in [1.82, 2.24) is 9.55 Å². The van der Waals surface area contributed by atoms with Crippen LogP contribution in [0, 0.1) is 18.8 Å². The maximum Gasteiger partial charge on any atom is 0.135 e. The Morgan fingerprint density at radius 1 is 0.595 bits per heavy atom. The molecule has 1 aliphatic carbocycles. The van der Waals surface area contributed by atoms with Crippen molar-refractivity contribution in [3.8, 4) is 39.6 Å². The zero-order valence-corrected chi connectivity index (χ0v) is 47.4. The largest absolute Gasteiger partial charge is 0.509 e. The standard InChI is InChI=1S/C68H69N4O.Pt/c1-64(2,3)45-29-31-51(56(39-45)66(7,8)9)54-24-19-23-50(44-28-33-55-57(38-44)68(12,13)36-35-67(55,10)11)63(54)71-43-70(59-26-16-17-27-60(59)71)47-20-18-21-48(41-47)73-49-30-32-53-52-22-14-15-25-58(52)72(61(53)42-49)62-40-46(34-37-69-62)65(4,5)6;/h14-34,37-40,43H,35-36H2,1-13H3;/q-3;/i14D,15D,22D,25D;. The molecule has 7 aromatic carbocycles. The van der Waals surface area contributed by atoms with Crippen molar-refractivity contribution in [2.24, 2.45) is 0 Å². The number of hydrogen-bond acceptors (Lipinski definition) is 4. The first-order chi connectivity index (χ1) is 36.2. The summed E-state index contributed by atoms with van der Waals surface area (Å²) in [7, 11) is 0. The Morgan fingerprint density at radius 3 is 1.99 bits per heavy atom. The van der Waals surface area contributed by atoms with E-state index < -0.39 is 0 Å². The van der Waals surface area contributed by atoms with E-state index in [0.29, 0.717) is 39.1 Å². The second kappa shape index (κ2) is 18.4. The van der Waals surface area contributed by atoms with E-state index in [4.69, 9.17) is 15.2 Å². The van der Waals surface area contributed by atoms with E-state index in [1.807, 2.05) is 36.4 Å². The zero-order chi connectivity index (χ0) is 54.9. The van der Waals surface area contributed by atoms with Crippen molar-refractivity contribution in [1.29, 1.82) is 0 Å². The molecule has 0 fully saturated rings. The first-order valence-corrected chi connectivity index (χ1v) is 25.8. The molecule has 0 bridgehead atoms. The van der Waals surface area contributed by atoms with Gasteiger partial charge in [-0.25, -0.2) is 4.98 Å². The number of aromatic nitrogens is 2. The summed E-state index contributed by atoms with van der Waals surface area (Å²) < 4.78 is 43.9. The van der Waals surface area contributed by atoms with Crippen LogP contribution in [-0.4, -0.2) is 9.55 Å². The molecule has 11 rings (SSSR count). The summed E-state index contributed by atoms with van der Waals surface area (Å²) in [6, 6.07) is 49.4. The third-order valence-electron chi connectivity index (χ3n) is 15.4. The predicted molar refractivity (Wildman–Crippen MR) is 306 cm³/mol. The molecule has 2 aromatic heterocycles. The molecule has 0 saturated heterocycles. The molecule has 0 N–H and O–H groups in total. The normalized spacial score (nSPS) is 16.0. The van der Waals surface area contributed by atoms with Gasteiger partial charge in [-0.1, -0.05) is 180 Å². The molecule has 0 saturated carbocycles. The molecule has 380 valence electrons. The fourth-order valence-corrected chi connectivity index (χ4v) is 11.0. The van der Waals surface area contributed by atoms with E-state index in [9.17, 15) is 0 Å². The van der Waals surface area contributed by atoms with Crippen molar-refractivity contribution >= 4 is 44.6 Å². The molecule has 2 aliphatic rings. The smallest absolute Gasteiger partial charge is 0.135 e. The van der Waals surface area contributed by atoms with Gasteiger partial charge in [0.1, 0.15) is 5.82 Å². The number of para-hydroxylation sites is 4. The van der Waals surface area contributed by atoms with Crippen LogP contribution in [0.3, 0.4) is 0 Å². The van der Waals surface area contributed by atoms with E-state index >= 15 is 0 Å². The average Bonchev–Trinajstić information content (AvgIpc) is 4.15. The second-order valence-electron chi connectivity index (χ2n) is 24.6. The van der Waals surface area contributed by atoms with E-state index in [1.165, 1.54) is 33.4 Å². The number of fused-ring (bicyclic) bond motifs is 5. The molecule has 3 heterocycles. The van der Waals surface area contributed by atoms with Gasteiger partial charge >= 0.3 is 0 Å². The summed E-state index contributed by atoms with van der Waals surface area (Å²) in [5, 5.41) is 1.02. The van der Waals surface area contributed by atoms with Gasteiger partial charge in [-0.15, -0.1) is 48.1 Å². The van der Waals surface area contributed by atoms with Crippen molar-refractivity contribution in [2.75, 3.05) is 9.80 Å². The van der Waals surface area contributed by atoms with Crippen LogP contribution >= 0.6 is 0 Å². The van der Waals surface area contributed by atoms with Crippen molar-refractivity contribution in [3.05, 3.63) is 198 Å². The van der Waals surface area contributed by atoms with Gasteiger partial charge in [0, 0.05) is 72.5 Å². The van der Waals surface area contributed by atoms with Gasteiger partial charge in [0.25, 0.3) is 0 Å². The quantitative estimate of drug-likeness (QED) is 0.149. The van der Waals surface area contributed by atoms with Crippen LogP contribution in [0.1, 0.15) is 136 Å².